The fraction of sp³-hybridized carbons (Fsp3) is 0.455. The van der Waals surface area contributed by atoms with Gasteiger partial charge in [0.05, 0.1) is 0 Å². The Bertz CT molecular complexity index is 325. The summed E-state index contributed by atoms with van der Waals surface area (Å²) in [4.78, 5) is 0. The second-order valence-electron chi connectivity index (χ2n) is 3.96. The molecule has 0 heterocycles. The van der Waals surface area contributed by atoms with Crippen molar-refractivity contribution in [2.45, 2.75) is 31.2 Å². The minimum atomic E-state index is -0.296. The van der Waals surface area contributed by atoms with Crippen molar-refractivity contribution in [3.63, 3.8) is 0 Å². The Morgan fingerprint density at radius 2 is 1.53 bits per heavy atom. The van der Waals surface area contributed by atoms with Crippen molar-refractivity contribution in [3.8, 4) is 0 Å². The maximum atomic E-state index is 6.31. The topological polar surface area (TPSA) is 26.0 Å². The molecule has 1 fully saturated rings. The van der Waals surface area contributed by atoms with E-state index >= 15 is 0 Å². The first-order valence-electron chi connectivity index (χ1n) is 4.87. The number of hydrogen-bond acceptors (Lipinski definition) is 1. The Labute approximate surface area is 106 Å². The van der Waals surface area contributed by atoms with Gasteiger partial charge in [0.1, 0.15) is 0 Å². The minimum Gasteiger partial charge on any atom is -0.321 e. The van der Waals surface area contributed by atoms with Gasteiger partial charge in [-0.15, -0.1) is 12.4 Å². The SMILES string of the molecule is Cl.NC1(c2c(Cl)cccc2Cl)CCCC1. The molecule has 0 radical (unpaired) electrons. The first-order valence-corrected chi connectivity index (χ1v) is 5.62. The van der Waals surface area contributed by atoms with Gasteiger partial charge in [-0.1, -0.05) is 42.1 Å². The molecular weight excluding hydrogens is 252 g/mol. The molecule has 0 atom stereocenters. The molecule has 2 N–H and O–H groups in total. The highest BCUT2D eigenvalue weighted by atomic mass is 35.5. The Morgan fingerprint density at radius 3 is 2.00 bits per heavy atom. The zero-order valence-electron chi connectivity index (χ0n) is 8.30. The number of nitrogens with two attached hydrogens (primary N) is 1. The van der Waals surface area contributed by atoms with Crippen LogP contribution in [0.15, 0.2) is 18.2 Å². The average Bonchev–Trinajstić information content (AvgIpc) is 2.52. The standard InChI is InChI=1S/C11H13Cl2N.ClH/c12-8-4-3-5-9(13)10(8)11(14)6-1-2-7-11;/h3-5H,1-2,6-7,14H2;1H. The van der Waals surface area contributed by atoms with Crippen LogP contribution >= 0.6 is 35.6 Å². The van der Waals surface area contributed by atoms with Gasteiger partial charge in [-0.3, -0.25) is 0 Å². The summed E-state index contributed by atoms with van der Waals surface area (Å²) in [6.07, 6.45) is 4.29. The van der Waals surface area contributed by atoms with E-state index in [1.807, 2.05) is 18.2 Å². The van der Waals surface area contributed by atoms with Gasteiger partial charge >= 0.3 is 0 Å². The molecule has 1 saturated carbocycles. The van der Waals surface area contributed by atoms with Crippen molar-refractivity contribution < 1.29 is 0 Å². The van der Waals surface area contributed by atoms with Crippen molar-refractivity contribution in [2.24, 2.45) is 5.73 Å². The number of benzene rings is 1. The Balaban J connectivity index is 0.00000112. The molecule has 0 saturated heterocycles. The van der Waals surface area contributed by atoms with Gasteiger partial charge < -0.3 is 5.73 Å². The number of rotatable bonds is 1. The lowest BCUT2D eigenvalue weighted by atomic mass is 9.89. The summed E-state index contributed by atoms with van der Waals surface area (Å²) in [6, 6.07) is 5.57. The van der Waals surface area contributed by atoms with Crippen LogP contribution in [0.1, 0.15) is 31.2 Å². The Hall–Kier alpha value is 0.0500. The van der Waals surface area contributed by atoms with Gasteiger partial charge in [0.25, 0.3) is 0 Å². The normalized spacial score (nSPS) is 18.6. The van der Waals surface area contributed by atoms with E-state index in [0.29, 0.717) is 10.0 Å². The molecule has 2 rings (SSSR count). The second-order valence-corrected chi connectivity index (χ2v) is 4.77. The van der Waals surface area contributed by atoms with Crippen molar-refractivity contribution in [2.75, 3.05) is 0 Å². The fourth-order valence-electron chi connectivity index (χ4n) is 2.23. The van der Waals surface area contributed by atoms with Gasteiger partial charge in [-0.25, -0.2) is 0 Å². The lowest BCUT2D eigenvalue weighted by molar-refractivity contribution is 0.462. The van der Waals surface area contributed by atoms with E-state index in [9.17, 15) is 0 Å². The van der Waals surface area contributed by atoms with Crippen molar-refractivity contribution >= 4 is 35.6 Å². The Morgan fingerprint density at radius 1 is 1.07 bits per heavy atom. The van der Waals surface area contributed by atoms with Crippen LogP contribution in [-0.2, 0) is 5.54 Å². The van der Waals surface area contributed by atoms with Gasteiger partial charge in [0.15, 0.2) is 0 Å². The molecule has 0 spiro atoms. The molecule has 0 unspecified atom stereocenters. The fourth-order valence-corrected chi connectivity index (χ4v) is 3.00. The molecule has 1 aromatic rings. The molecule has 15 heavy (non-hydrogen) atoms. The van der Waals surface area contributed by atoms with E-state index in [2.05, 4.69) is 0 Å². The van der Waals surface area contributed by atoms with E-state index < -0.39 is 0 Å². The van der Waals surface area contributed by atoms with Crippen molar-refractivity contribution in [3.05, 3.63) is 33.8 Å². The van der Waals surface area contributed by atoms with Crippen LogP contribution in [0, 0.1) is 0 Å². The van der Waals surface area contributed by atoms with E-state index in [1.165, 1.54) is 0 Å². The average molecular weight is 267 g/mol. The third-order valence-corrected chi connectivity index (χ3v) is 3.59. The zero-order chi connectivity index (χ0) is 10.2. The molecule has 0 amide bonds. The first-order chi connectivity index (χ1) is 6.63. The summed E-state index contributed by atoms with van der Waals surface area (Å²) >= 11 is 12.3. The molecule has 1 aliphatic rings. The third kappa shape index (κ3) is 2.42. The zero-order valence-corrected chi connectivity index (χ0v) is 10.6. The van der Waals surface area contributed by atoms with E-state index in [1.54, 1.807) is 0 Å². The molecule has 0 aromatic heterocycles. The highest BCUT2D eigenvalue weighted by Gasteiger charge is 2.34. The quantitative estimate of drug-likeness (QED) is 0.812. The predicted molar refractivity (Wildman–Crippen MR) is 68.0 cm³/mol. The lowest BCUT2D eigenvalue weighted by Crippen LogP contribution is -2.33. The molecule has 1 aliphatic carbocycles. The van der Waals surface area contributed by atoms with Crippen LogP contribution in [0.25, 0.3) is 0 Å². The summed E-state index contributed by atoms with van der Waals surface area (Å²) in [5, 5.41) is 1.39. The summed E-state index contributed by atoms with van der Waals surface area (Å²) in [7, 11) is 0. The number of hydrogen-bond donors (Lipinski definition) is 1. The van der Waals surface area contributed by atoms with Crippen LogP contribution in [0.4, 0.5) is 0 Å². The van der Waals surface area contributed by atoms with Crippen LogP contribution in [0.2, 0.25) is 10.0 Å². The third-order valence-electron chi connectivity index (χ3n) is 2.96. The molecule has 4 heteroatoms. The van der Waals surface area contributed by atoms with Gasteiger partial charge in [0.2, 0.25) is 0 Å². The lowest BCUT2D eigenvalue weighted by Gasteiger charge is -2.26. The molecule has 1 aromatic carbocycles. The summed E-state index contributed by atoms with van der Waals surface area (Å²) in [5.74, 6) is 0. The molecule has 1 nitrogen and oxygen atoms in total. The predicted octanol–water partition coefficient (Wildman–Crippen LogP) is 4.14. The molecule has 0 bridgehead atoms. The Kier molecular flexibility index (Phi) is 4.30. The monoisotopic (exact) mass is 265 g/mol. The van der Waals surface area contributed by atoms with Gasteiger partial charge in [-0.05, 0) is 25.0 Å². The minimum absolute atomic E-state index is 0. The van der Waals surface area contributed by atoms with E-state index in [0.717, 1.165) is 31.2 Å². The van der Waals surface area contributed by atoms with E-state index in [4.69, 9.17) is 28.9 Å². The van der Waals surface area contributed by atoms with Crippen LogP contribution in [-0.4, -0.2) is 0 Å². The van der Waals surface area contributed by atoms with Gasteiger partial charge in [0, 0.05) is 21.1 Å². The maximum absolute atomic E-state index is 6.31. The summed E-state index contributed by atoms with van der Waals surface area (Å²) < 4.78 is 0. The van der Waals surface area contributed by atoms with Crippen molar-refractivity contribution in [1.29, 1.82) is 0 Å². The summed E-state index contributed by atoms with van der Waals surface area (Å²) in [6.45, 7) is 0. The van der Waals surface area contributed by atoms with Crippen LogP contribution in [0.5, 0.6) is 0 Å². The molecule has 0 aliphatic heterocycles. The van der Waals surface area contributed by atoms with E-state index in [-0.39, 0.29) is 17.9 Å². The van der Waals surface area contributed by atoms with Gasteiger partial charge in [-0.2, -0.15) is 0 Å². The molecular formula is C11H14Cl3N. The smallest absolute Gasteiger partial charge is 0.0471 e. The van der Waals surface area contributed by atoms with Crippen LogP contribution < -0.4 is 5.73 Å². The summed E-state index contributed by atoms with van der Waals surface area (Å²) in [5.41, 5.74) is 6.95. The number of halogens is 3. The first kappa shape index (κ1) is 13.1. The molecule has 84 valence electrons. The second kappa shape index (κ2) is 4.92. The highest BCUT2D eigenvalue weighted by Crippen LogP contribution is 2.42. The van der Waals surface area contributed by atoms with Crippen LogP contribution in [0.3, 0.4) is 0 Å². The van der Waals surface area contributed by atoms with Crippen molar-refractivity contribution in [1.82, 2.24) is 0 Å². The maximum Gasteiger partial charge on any atom is 0.0471 e. The largest absolute Gasteiger partial charge is 0.321 e. The highest BCUT2D eigenvalue weighted by molar-refractivity contribution is 6.36.